The van der Waals surface area contributed by atoms with Crippen LogP contribution in [0.25, 0.3) is 0 Å². The zero-order valence-electron chi connectivity index (χ0n) is 18.9. The summed E-state index contributed by atoms with van der Waals surface area (Å²) in [6, 6.07) is 17.6. The van der Waals surface area contributed by atoms with Gasteiger partial charge in [0.1, 0.15) is 0 Å². The van der Waals surface area contributed by atoms with Crippen LogP contribution in [0.3, 0.4) is 0 Å². The molecule has 0 spiro atoms. The number of fused-ring (bicyclic) bond motifs is 1. The molecule has 1 aliphatic heterocycles. The van der Waals surface area contributed by atoms with Crippen molar-refractivity contribution in [2.24, 2.45) is 0 Å². The minimum absolute atomic E-state index is 0.0945. The summed E-state index contributed by atoms with van der Waals surface area (Å²) < 4.78 is 19.2. The summed E-state index contributed by atoms with van der Waals surface area (Å²) in [6.07, 6.45) is 4.35. The Bertz CT molecular complexity index is 985. The van der Waals surface area contributed by atoms with Gasteiger partial charge in [-0.15, -0.1) is 0 Å². The molecule has 0 fully saturated rings. The maximum absolute atomic E-state index is 5.66. The fraction of sp³-hybridized carbons (Fsp3) is 0.385. The second-order valence-electron chi connectivity index (χ2n) is 7.98. The van der Waals surface area contributed by atoms with Crippen molar-refractivity contribution in [1.29, 1.82) is 0 Å². The number of benzene rings is 2. The summed E-state index contributed by atoms with van der Waals surface area (Å²) in [7, 11) is 4.98. The number of hydrogen-bond donors (Lipinski definition) is 0. The minimum Gasteiger partial charge on any atom is -0.493 e. The molecule has 1 aliphatic rings. The lowest BCUT2D eigenvalue weighted by atomic mass is 9.99. The second kappa shape index (κ2) is 9.48. The molecule has 0 radical (unpaired) electrons. The molecule has 0 bridgehead atoms. The summed E-state index contributed by atoms with van der Waals surface area (Å²) in [5, 5.41) is 0. The highest BCUT2D eigenvalue weighted by Gasteiger charge is 2.29. The zero-order chi connectivity index (χ0) is 21.8. The third-order valence-electron chi connectivity index (χ3n) is 6.17. The lowest BCUT2D eigenvalue weighted by Gasteiger charge is -2.31. The molecule has 2 heterocycles. The van der Waals surface area contributed by atoms with E-state index in [1.807, 2.05) is 0 Å². The number of ether oxygens (including phenoxy) is 3. The highest BCUT2D eigenvalue weighted by molar-refractivity contribution is 5.55. The fourth-order valence-electron chi connectivity index (χ4n) is 4.57. The predicted molar refractivity (Wildman–Crippen MR) is 123 cm³/mol. The SMILES string of the molecule is CCc1ccc(CN2CCCn3cccc3C2c2cc(OC)c(OC)c(OC)c2)cc1. The molecule has 31 heavy (non-hydrogen) atoms. The van der Waals surface area contributed by atoms with Crippen LogP contribution in [0.5, 0.6) is 17.2 Å². The van der Waals surface area contributed by atoms with E-state index in [-0.39, 0.29) is 6.04 Å². The van der Waals surface area contributed by atoms with E-state index in [0.29, 0.717) is 17.2 Å². The largest absolute Gasteiger partial charge is 0.493 e. The van der Waals surface area contributed by atoms with Gasteiger partial charge in [0.2, 0.25) is 5.75 Å². The van der Waals surface area contributed by atoms with Gasteiger partial charge < -0.3 is 18.8 Å². The van der Waals surface area contributed by atoms with Gasteiger partial charge in [0.25, 0.3) is 0 Å². The van der Waals surface area contributed by atoms with Gasteiger partial charge >= 0.3 is 0 Å². The van der Waals surface area contributed by atoms with E-state index in [1.54, 1.807) is 21.3 Å². The average molecular weight is 421 g/mol. The number of methoxy groups -OCH3 is 3. The predicted octanol–water partition coefficient (Wildman–Crippen LogP) is 5.07. The highest BCUT2D eigenvalue weighted by Crippen LogP contribution is 2.43. The highest BCUT2D eigenvalue weighted by atomic mass is 16.5. The Labute approximate surface area is 185 Å². The number of aromatic nitrogens is 1. The van der Waals surface area contributed by atoms with Crippen molar-refractivity contribution >= 4 is 0 Å². The molecule has 0 saturated carbocycles. The molecule has 0 N–H and O–H groups in total. The summed E-state index contributed by atoms with van der Waals surface area (Å²) in [5.41, 5.74) is 5.13. The van der Waals surface area contributed by atoms with Gasteiger partial charge in [-0.2, -0.15) is 0 Å². The van der Waals surface area contributed by atoms with Gasteiger partial charge in [0, 0.05) is 31.5 Å². The second-order valence-corrected chi connectivity index (χ2v) is 7.98. The molecule has 5 nitrogen and oxygen atoms in total. The third-order valence-corrected chi connectivity index (χ3v) is 6.17. The third kappa shape index (κ3) is 4.28. The van der Waals surface area contributed by atoms with Crippen LogP contribution >= 0.6 is 0 Å². The van der Waals surface area contributed by atoms with Crippen molar-refractivity contribution in [1.82, 2.24) is 9.47 Å². The molecule has 1 atom stereocenters. The van der Waals surface area contributed by atoms with Crippen molar-refractivity contribution in [2.75, 3.05) is 27.9 Å². The molecule has 0 saturated heterocycles. The van der Waals surface area contributed by atoms with Crippen molar-refractivity contribution in [3.05, 3.63) is 77.1 Å². The normalized spacial score (nSPS) is 16.5. The summed E-state index contributed by atoms with van der Waals surface area (Å²) in [6.45, 7) is 5.11. The molecule has 3 aromatic rings. The monoisotopic (exact) mass is 420 g/mol. The molecule has 2 aromatic carbocycles. The van der Waals surface area contributed by atoms with Crippen LogP contribution in [0, 0.1) is 0 Å². The van der Waals surface area contributed by atoms with Gasteiger partial charge in [0.05, 0.1) is 27.4 Å². The van der Waals surface area contributed by atoms with E-state index in [2.05, 4.69) is 71.1 Å². The Morgan fingerprint density at radius 3 is 2.16 bits per heavy atom. The van der Waals surface area contributed by atoms with E-state index in [4.69, 9.17) is 14.2 Å². The Kier molecular flexibility index (Phi) is 6.52. The lowest BCUT2D eigenvalue weighted by molar-refractivity contribution is 0.219. The number of nitrogens with zero attached hydrogens (tertiary/aromatic N) is 2. The Morgan fingerprint density at radius 2 is 1.55 bits per heavy atom. The zero-order valence-corrected chi connectivity index (χ0v) is 18.9. The van der Waals surface area contributed by atoms with Crippen molar-refractivity contribution < 1.29 is 14.2 Å². The summed E-state index contributed by atoms with van der Waals surface area (Å²) >= 11 is 0. The first kappa shape index (κ1) is 21.3. The Balaban J connectivity index is 1.78. The minimum atomic E-state index is 0.0945. The van der Waals surface area contributed by atoms with Crippen molar-refractivity contribution in [3.8, 4) is 17.2 Å². The van der Waals surface area contributed by atoms with E-state index in [1.165, 1.54) is 16.8 Å². The molecule has 0 aliphatic carbocycles. The number of rotatable bonds is 7. The van der Waals surface area contributed by atoms with Crippen molar-refractivity contribution in [2.45, 2.75) is 38.9 Å². The maximum atomic E-state index is 5.66. The summed E-state index contributed by atoms with van der Waals surface area (Å²) in [5.74, 6) is 2.00. The lowest BCUT2D eigenvalue weighted by Crippen LogP contribution is -2.29. The van der Waals surface area contributed by atoms with Gasteiger partial charge in [0.15, 0.2) is 11.5 Å². The molecule has 1 aromatic heterocycles. The topological polar surface area (TPSA) is 35.9 Å². The van der Waals surface area contributed by atoms with Crippen LogP contribution in [0.15, 0.2) is 54.7 Å². The summed E-state index contributed by atoms with van der Waals surface area (Å²) in [4.78, 5) is 2.56. The molecule has 164 valence electrons. The van der Waals surface area contributed by atoms with E-state index in [0.717, 1.165) is 38.0 Å². The quantitative estimate of drug-likeness (QED) is 0.535. The van der Waals surface area contributed by atoms with Crippen LogP contribution in [0.1, 0.15) is 41.8 Å². The fourth-order valence-corrected chi connectivity index (χ4v) is 4.57. The molecule has 0 amide bonds. The molecule has 1 unspecified atom stereocenters. The van der Waals surface area contributed by atoms with Crippen LogP contribution in [-0.4, -0.2) is 37.3 Å². The van der Waals surface area contributed by atoms with E-state index in [9.17, 15) is 0 Å². The first-order chi connectivity index (χ1) is 15.2. The van der Waals surface area contributed by atoms with Crippen LogP contribution in [0.2, 0.25) is 0 Å². The first-order valence-corrected chi connectivity index (χ1v) is 10.9. The standard InChI is InChI=1S/C26H32N2O3/c1-5-19-9-11-20(12-10-19)18-28-15-7-14-27-13-6-8-22(27)25(28)21-16-23(29-2)26(31-4)24(17-21)30-3/h6,8-13,16-17,25H,5,7,14-15,18H2,1-4H3. The van der Waals surface area contributed by atoms with E-state index < -0.39 is 0 Å². The first-order valence-electron chi connectivity index (χ1n) is 10.9. The van der Waals surface area contributed by atoms with Crippen LogP contribution in [-0.2, 0) is 19.5 Å². The van der Waals surface area contributed by atoms with E-state index >= 15 is 0 Å². The Morgan fingerprint density at radius 1 is 0.871 bits per heavy atom. The van der Waals surface area contributed by atoms with Gasteiger partial charge in [-0.1, -0.05) is 31.2 Å². The number of aryl methyl sites for hydroxylation is 2. The average Bonchev–Trinajstić information content (AvgIpc) is 3.19. The maximum Gasteiger partial charge on any atom is 0.203 e. The molecular weight excluding hydrogens is 388 g/mol. The smallest absolute Gasteiger partial charge is 0.203 e. The van der Waals surface area contributed by atoms with Gasteiger partial charge in [-0.05, 0) is 53.8 Å². The number of hydrogen-bond acceptors (Lipinski definition) is 4. The Hall–Kier alpha value is -2.92. The molecule has 5 heteroatoms. The molecular formula is C26H32N2O3. The van der Waals surface area contributed by atoms with Crippen LogP contribution < -0.4 is 14.2 Å². The van der Waals surface area contributed by atoms with Crippen molar-refractivity contribution in [3.63, 3.8) is 0 Å². The van der Waals surface area contributed by atoms with Crippen LogP contribution in [0.4, 0.5) is 0 Å². The molecule has 4 rings (SSSR count). The van der Waals surface area contributed by atoms with Gasteiger partial charge in [-0.25, -0.2) is 0 Å². The van der Waals surface area contributed by atoms with Gasteiger partial charge in [-0.3, -0.25) is 4.90 Å².